The smallest absolute Gasteiger partial charge is 0.177 e. The lowest BCUT2D eigenvalue weighted by Gasteiger charge is -2.11. The minimum Gasteiger partial charge on any atom is -0.207 e. The number of pyridine rings is 1. The van der Waals surface area contributed by atoms with Gasteiger partial charge >= 0.3 is 0 Å². The number of nitrogens with zero attached hydrogens (tertiary/aromatic N) is 1. The van der Waals surface area contributed by atoms with Crippen LogP contribution < -0.4 is 4.57 Å². The van der Waals surface area contributed by atoms with Crippen LogP contribution in [-0.2, 0) is 13.5 Å². The predicted molar refractivity (Wildman–Crippen MR) is 139 cm³/mol. The molecule has 0 spiro atoms. The van der Waals surface area contributed by atoms with Crippen molar-refractivity contribution in [3.8, 4) is 20.2 Å². The van der Waals surface area contributed by atoms with E-state index in [2.05, 4.69) is 115 Å². The average Bonchev–Trinajstić information content (AvgIpc) is 3.49. The lowest BCUT2D eigenvalue weighted by Crippen LogP contribution is -2.26. The molecule has 6 rings (SSSR count). The lowest BCUT2D eigenvalue weighted by molar-refractivity contribution is -0.671. The third kappa shape index (κ3) is 3.54. The summed E-state index contributed by atoms with van der Waals surface area (Å²) in [5.41, 5.74) is 2.70. The van der Waals surface area contributed by atoms with Crippen LogP contribution in [0.4, 0.5) is 0 Å². The number of aryl methyl sites for hydroxylation is 1. The minimum absolute atomic E-state index is 0.958. The van der Waals surface area contributed by atoms with Crippen molar-refractivity contribution in [3.63, 3.8) is 0 Å². The summed E-state index contributed by atoms with van der Waals surface area (Å²) in [6, 6.07) is 33.2. The van der Waals surface area contributed by atoms with E-state index in [1.165, 1.54) is 52.2 Å². The Morgan fingerprint density at radius 1 is 0.656 bits per heavy atom. The number of benzene rings is 3. The molecule has 0 aliphatic rings. The van der Waals surface area contributed by atoms with Crippen LogP contribution in [0.3, 0.4) is 0 Å². The van der Waals surface area contributed by atoms with Crippen molar-refractivity contribution in [1.82, 2.24) is 0 Å². The molecule has 32 heavy (non-hydrogen) atoms. The molecule has 154 valence electrons. The largest absolute Gasteiger partial charge is 0.207 e. The first-order chi connectivity index (χ1) is 15.7. The highest BCUT2D eigenvalue weighted by Crippen LogP contribution is 2.39. The molecule has 0 saturated carbocycles. The third-order valence-corrected chi connectivity index (χ3v) is 8.38. The molecule has 3 heterocycles. The van der Waals surface area contributed by atoms with Crippen LogP contribution in [-0.4, -0.2) is 0 Å². The monoisotopic (exact) mass is 448 g/mol. The van der Waals surface area contributed by atoms with E-state index in [0.717, 1.165) is 6.42 Å². The van der Waals surface area contributed by atoms with Gasteiger partial charge in [-0.1, -0.05) is 48.5 Å². The number of aromatic nitrogens is 1. The van der Waals surface area contributed by atoms with E-state index in [1.54, 1.807) is 0 Å². The van der Waals surface area contributed by atoms with Gasteiger partial charge in [0, 0.05) is 32.0 Å². The minimum atomic E-state index is 0.958. The van der Waals surface area contributed by atoms with Crippen LogP contribution in [0.5, 0.6) is 0 Å². The number of fused-ring (bicyclic) bond motifs is 2. The van der Waals surface area contributed by atoms with Gasteiger partial charge in [0.05, 0.1) is 5.56 Å². The number of hydrogen-bond acceptors (Lipinski definition) is 2. The van der Waals surface area contributed by atoms with Gasteiger partial charge < -0.3 is 0 Å². The molecular formula is C29H22NS2+. The molecule has 0 fully saturated rings. The van der Waals surface area contributed by atoms with Crippen LogP contribution >= 0.6 is 22.7 Å². The number of thiophene rings is 2. The average molecular weight is 449 g/mol. The Morgan fingerprint density at radius 3 is 2.06 bits per heavy atom. The maximum Gasteiger partial charge on any atom is 0.177 e. The molecule has 3 aromatic heterocycles. The molecule has 0 N–H and O–H groups in total. The first kappa shape index (κ1) is 19.4. The number of hydrogen-bond donors (Lipinski definition) is 0. The fraction of sp³-hybridized carbons (Fsp3) is 0.0690. The molecule has 0 saturated heterocycles. The van der Waals surface area contributed by atoms with Gasteiger partial charge in [-0.15, -0.1) is 22.7 Å². The van der Waals surface area contributed by atoms with Crippen LogP contribution in [0, 0.1) is 0 Å². The molecule has 1 nitrogen and oxygen atoms in total. The van der Waals surface area contributed by atoms with E-state index in [9.17, 15) is 0 Å². The summed E-state index contributed by atoms with van der Waals surface area (Å²) in [6.45, 7) is 0. The highest BCUT2D eigenvalue weighted by molar-refractivity contribution is 7.23. The predicted octanol–water partition coefficient (Wildman–Crippen LogP) is 7.87. The van der Waals surface area contributed by atoms with Gasteiger partial charge in [-0.3, -0.25) is 0 Å². The summed E-state index contributed by atoms with van der Waals surface area (Å²) in [5, 5.41) is 5.35. The summed E-state index contributed by atoms with van der Waals surface area (Å²) in [5.74, 6) is 0. The van der Waals surface area contributed by atoms with Crippen molar-refractivity contribution in [2.75, 3.05) is 0 Å². The first-order valence-corrected chi connectivity index (χ1v) is 12.4. The quantitative estimate of drug-likeness (QED) is 0.191. The maximum atomic E-state index is 2.31. The molecule has 0 atom stereocenters. The van der Waals surface area contributed by atoms with Crippen LogP contribution in [0.1, 0.15) is 10.4 Å². The summed E-state index contributed by atoms with van der Waals surface area (Å²) in [7, 11) is 2.07. The zero-order chi connectivity index (χ0) is 21.5. The van der Waals surface area contributed by atoms with Gasteiger partial charge in [-0.25, -0.2) is 4.57 Å². The fourth-order valence-electron chi connectivity index (χ4n) is 4.44. The van der Waals surface area contributed by atoms with Crippen LogP contribution in [0.2, 0.25) is 0 Å². The van der Waals surface area contributed by atoms with Gasteiger partial charge in [0.2, 0.25) is 0 Å². The third-order valence-electron chi connectivity index (χ3n) is 5.97. The molecule has 3 aromatic carbocycles. The Kier molecular flexibility index (Phi) is 4.86. The standard InChI is InChI=1S/C29H22NS2/c1-30-16-6-9-22(19-30)27-14-15-29(32-27)28-13-12-23(31-28)18-26-24-10-4-2-7-20(24)17-21-8-3-5-11-25(21)26/h2-17,19H,18H2,1H3/q+1. The second-order valence-electron chi connectivity index (χ2n) is 8.16. The molecule has 0 aliphatic carbocycles. The Bertz CT molecular complexity index is 1520. The Hall–Kier alpha value is -3.27. The zero-order valence-electron chi connectivity index (χ0n) is 17.8. The van der Waals surface area contributed by atoms with Crippen LogP contribution in [0.15, 0.2) is 103 Å². The Balaban J connectivity index is 1.37. The topological polar surface area (TPSA) is 3.88 Å². The van der Waals surface area contributed by atoms with Gasteiger partial charge in [-0.2, -0.15) is 0 Å². The second kappa shape index (κ2) is 8.01. The first-order valence-electron chi connectivity index (χ1n) is 10.8. The fourth-order valence-corrected chi connectivity index (χ4v) is 6.54. The molecule has 0 radical (unpaired) electrons. The van der Waals surface area contributed by atoms with E-state index < -0.39 is 0 Å². The van der Waals surface area contributed by atoms with E-state index in [0.29, 0.717) is 0 Å². The number of rotatable bonds is 4. The summed E-state index contributed by atoms with van der Waals surface area (Å²) in [4.78, 5) is 5.40. The van der Waals surface area contributed by atoms with Gasteiger partial charge in [-0.05, 0) is 63.5 Å². The Morgan fingerprint density at radius 2 is 1.31 bits per heavy atom. The van der Waals surface area contributed by atoms with E-state index in [-0.39, 0.29) is 0 Å². The van der Waals surface area contributed by atoms with Crippen molar-refractivity contribution in [2.45, 2.75) is 6.42 Å². The summed E-state index contributed by atoms with van der Waals surface area (Å²) in [6.07, 6.45) is 5.21. The normalized spacial score (nSPS) is 11.4. The van der Waals surface area contributed by atoms with Crippen molar-refractivity contribution >= 4 is 44.2 Å². The summed E-state index contributed by atoms with van der Waals surface area (Å²) >= 11 is 3.78. The summed E-state index contributed by atoms with van der Waals surface area (Å²) < 4.78 is 2.10. The molecular weight excluding hydrogens is 426 g/mol. The van der Waals surface area contributed by atoms with E-state index in [1.807, 2.05) is 22.7 Å². The van der Waals surface area contributed by atoms with Crippen molar-refractivity contribution in [2.24, 2.45) is 7.05 Å². The molecule has 6 aromatic rings. The van der Waals surface area contributed by atoms with Crippen molar-refractivity contribution < 1.29 is 4.57 Å². The maximum absolute atomic E-state index is 2.31. The Labute approximate surface area is 195 Å². The lowest BCUT2D eigenvalue weighted by atomic mass is 9.94. The molecule has 0 unspecified atom stereocenters. The molecule has 3 heteroatoms. The van der Waals surface area contributed by atoms with Gasteiger partial charge in [0.15, 0.2) is 12.4 Å². The van der Waals surface area contributed by atoms with Crippen molar-refractivity contribution in [3.05, 3.63) is 114 Å². The zero-order valence-corrected chi connectivity index (χ0v) is 19.4. The van der Waals surface area contributed by atoms with E-state index in [4.69, 9.17) is 0 Å². The SMILES string of the molecule is C[n+]1cccc(-c2ccc(-c3ccc(Cc4c5ccccc5cc5ccccc45)s3)s2)c1. The molecule has 0 amide bonds. The van der Waals surface area contributed by atoms with Gasteiger partial charge in [0.1, 0.15) is 7.05 Å². The van der Waals surface area contributed by atoms with Crippen molar-refractivity contribution in [1.29, 1.82) is 0 Å². The molecule has 0 bridgehead atoms. The highest BCUT2D eigenvalue weighted by atomic mass is 32.1. The van der Waals surface area contributed by atoms with Crippen LogP contribution in [0.25, 0.3) is 41.7 Å². The van der Waals surface area contributed by atoms with Gasteiger partial charge in [0.25, 0.3) is 0 Å². The van der Waals surface area contributed by atoms with E-state index >= 15 is 0 Å². The second-order valence-corrected chi connectivity index (χ2v) is 10.4. The molecule has 0 aliphatic heterocycles. The highest BCUT2D eigenvalue weighted by Gasteiger charge is 2.12.